The number of aryl methyl sites for hydroxylation is 2. The normalized spacial score (nSPS) is 10.5. The Morgan fingerprint density at radius 1 is 1.11 bits per heavy atom. The summed E-state index contributed by atoms with van der Waals surface area (Å²) in [4.78, 5) is 0. The van der Waals surface area contributed by atoms with Crippen LogP contribution in [0.15, 0.2) is 30.3 Å². The number of hydrogen-bond acceptors (Lipinski definition) is 2. The Balaban J connectivity index is 2.19. The van der Waals surface area contributed by atoms with Gasteiger partial charge in [-0.05, 0) is 38.5 Å². The Morgan fingerprint density at radius 2 is 1.84 bits per heavy atom. The Labute approximate surface area is 112 Å². The van der Waals surface area contributed by atoms with Crippen molar-refractivity contribution in [3.63, 3.8) is 0 Å². The van der Waals surface area contributed by atoms with Gasteiger partial charge in [-0.3, -0.25) is 0 Å². The molecular weight excluding hydrogens is 241 g/mol. The van der Waals surface area contributed by atoms with Crippen LogP contribution in [0.4, 0.5) is 10.1 Å². The second kappa shape index (κ2) is 5.31. The van der Waals surface area contributed by atoms with Crippen molar-refractivity contribution in [3.8, 4) is 5.75 Å². The lowest BCUT2D eigenvalue weighted by Gasteiger charge is -2.13. The largest absolute Gasteiger partial charge is 0.507 e. The number of phenols is 1. The van der Waals surface area contributed by atoms with Crippen LogP contribution in [0.25, 0.3) is 0 Å². The van der Waals surface area contributed by atoms with Crippen LogP contribution in [0.1, 0.15) is 22.3 Å². The summed E-state index contributed by atoms with van der Waals surface area (Å²) in [6.45, 7) is 6.03. The number of anilines is 1. The van der Waals surface area contributed by atoms with Crippen LogP contribution >= 0.6 is 0 Å². The van der Waals surface area contributed by atoms with Gasteiger partial charge in [0.05, 0.1) is 0 Å². The maximum atomic E-state index is 13.6. The standard InChI is InChI=1S/C16H18FNO/c1-10-4-6-14(17)13(8-10)9-18-15-7-5-11(2)16(19)12(15)3/h4-8,18-19H,9H2,1-3H3. The van der Waals surface area contributed by atoms with E-state index in [2.05, 4.69) is 5.32 Å². The van der Waals surface area contributed by atoms with E-state index in [9.17, 15) is 9.50 Å². The summed E-state index contributed by atoms with van der Waals surface area (Å²) >= 11 is 0. The molecular formula is C16H18FNO. The Morgan fingerprint density at radius 3 is 2.58 bits per heavy atom. The minimum Gasteiger partial charge on any atom is -0.507 e. The average molecular weight is 259 g/mol. The van der Waals surface area contributed by atoms with Crippen LogP contribution in [0.3, 0.4) is 0 Å². The van der Waals surface area contributed by atoms with E-state index in [0.717, 1.165) is 22.4 Å². The molecule has 2 rings (SSSR count). The van der Waals surface area contributed by atoms with Crippen LogP contribution in [0.2, 0.25) is 0 Å². The van der Waals surface area contributed by atoms with E-state index in [4.69, 9.17) is 0 Å². The summed E-state index contributed by atoms with van der Waals surface area (Å²) in [6, 6.07) is 8.80. The molecule has 0 fully saturated rings. The van der Waals surface area contributed by atoms with Crippen molar-refractivity contribution in [3.05, 3.63) is 58.4 Å². The molecule has 0 atom stereocenters. The van der Waals surface area contributed by atoms with E-state index < -0.39 is 0 Å². The summed E-state index contributed by atoms with van der Waals surface area (Å²) in [5.74, 6) is 0.0711. The van der Waals surface area contributed by atoms with Gasteiger partial charge in [0.2, 0.25) is 0 Å². The number of hydrogen-bond donors (Lipinski definition) is 2. The second-order valence-corrected chi connectivity index (χ2v) is 4.85. The fourth-order valence-corrected chi connectivity index (χ4v) is 2.06. The van der Waals surface area contributed by atoms with Gasteiger partial charge >= 0.3 is 0 Å². The molecule has 0 spiro atoms. The zero-order valence-electron chi connectivity index (χ0n) is 11.4. The topological polar surface area (TPSA) is 32.3 Å². The minimum absolute atomic E-state index is 0.216. The van der Waals surface area contributed by atoms with Crippen molar-refractivity contribution in [2.24, 2.45) is 0 Å². The summed E-state index contributed by atoms with van der Waals surface area (Å²) in [7, 11) is 0. The van der Waals surface area contributed by atoms with Gasteiger partial charge in [0.25, 0.3) is 0 Å². The molecule has 0 aliphatic heterocycles. The number of aromatic hydroxyl groups is 1. The van der Waals surface area contributed by atoms with Crippen LogP contribution < -0.4 is 5.32 Å². The van der Waals surface area contributed by atoms with E-state index in [1.165, 1.54) is 6.07 Å². The highest BCUT2D eigenvalue weighted by atomic mass is 19.1. The molecule has 0 bridgehead atoms. The number of rotatable bonds is 3. The lowest BCUT2D eigenvalue weighted by molar-refractivity contribution is 0.467. The van der Waals surface area contributed by atoms with Crippen molar-refractivity contribution >= 4 is 5.69 Å². The summed E-state index contributed by atoms with van der Waals surface area (Å²) < 4.78 is 13.6. The number of benzene rings is 2. The monoisotopic (exact) mass is 259 g/mol. The van der Waals surface area contributed by atoms with Crippen LogP contribution in [-0.4, -0.2) is 5.11 Å². The third-order valence-corrected chi connectivity index (χ3v) is 3.30. The third-order valence-electron chi connectivity index (χ3n) is 3.30. The molecule has 0 radical (unpaired) electrons. The minimum atomic E-state index is -0.216. The number of phenolic OH excluding ortho intramolecular Hbond substituents is 1. The van der Waals surface area contributed by atoms with Crippen LogP contribution in [-0.2, 0) is 6.54 Å². The van der Waals surface area contributed by atoms with Gasteiger partial charge in [0, 0.05) is 23.4 Å². The molecule has 0 heterocycles. The summed E-state index contributed by atoms with van der Waals surface area (Å²) in [5.41, 5.74) is 4.10. The molecule has 100 valence electrons. The van der Waals surface area contributed by atoms with Crippen LogP contribution in [0.5, 0.6) is 5.75 Å². The van der Waals surface area contributed by atoms with Crippen molar-refractivity contribution < 1.29 is 9.50 Å². The molecule has 3 heteroatoms. The Hall–Kier alpha value is -2.03. The Bertz CT molecular complexity index is 608. The van der Waals surface area contributed by atoms with E-state index in [1.807, 2.05) is 39.0 Å². The highest BCUT2D eigenvalue weighted by Gasteiger charge is 2.07. The maximum absolute atomic E-state index is 13.6. The molecule has 0 aliphatic rings. The quantitative estimate of drug-likeness (QED) is 0.871. The molecule has 19 heavy (non-hydrogen) atoms. The van der Waals surface area contributed by atoms with Gasteiger partial charge in [-0.1, -0.05) is 23.8 Å². The first-order chi connectivity index (χ1) is 8.99. The second-order valence-electron chi connectivity index (χ2n) is 4.85. The molecule has 0 aliphatic carbocycles. The Kier molecular flexibility index (Phi) is 3.74. The first-order valence-electron chi connectivity index (χ1n) is 6.27. The molecule has 0 aromatic heterocycles. The molecule has 0 saturated heterocycles. The SMILES string of the molecule is Cc1ccc(F)c(CNc2ccc(C)c(O)c2C)c1. The van der Waals surface area contributed by atoms with Crippen molar-refractivity contribution in [2.75, 3.05) is 5.32 Å². The summed E-state index contributed by atoms with van der Waals surface area (Å²) in [5, 5.41) is 13.0. The predicted molar refractivity (Wildman–Crippen MR) is 76.0 cm³/mol. The first-order valence-corrected chi connectivity index (χ1v) is 6.27. The highest BCUT2D eigenvalue weighted by molar-refractivity contribution is 5.59. The van der Waals surface area contributed by atoms with Crippen molar-refractivity contribution in [1.82, 2.24) is 0 Å². The van der Waals surface area contributed by atoms with Gasteiger partial charge < -0.3 is 10.4 Å². The van der Waals surface area contributed by atoms with E-state index in [0.29, 0.717) is 12.1 Å². The lowest BCUT2D eigenvalue weighted by Crippen LogP contribution is -2.03. The lowest BCUT2D eigenvalue weighted by atomic mass is 10.1. The highest BCUT2D eigenvalue weighted by Crippen LogP contribution is 2.28. The first kappa shape index (κ1) is 13.4. The van der Waals surface area contributed by atoms with Crippen molar-refractivity contribution in [1.29, 1.82) is 0 Å². The van der Waals surface area contributed by atoms with E-state index in [-0.39, 0.29) is 11.6 Å². The van der Waals surface area contributed by atoms with Crippen LogP contribution in [0, 0.1) is 26.6 Å². The summed E-state index contributed by atoms with van der Waals surface area (Å²) in [6.07, 6.45) is 0. The average Bonchev–Trinajstić information content (AvgIpc) is 2.39. The molecule has 2 aromatic carbocycles. The van der Waals surface area contributed by atoms with E-state index >= 15 is 0 Å². The van der Waals surface area contributed by atoms with E-state index in [1.54, 1.807) is 6.07 Å². The molecule has 2 aromatic rings. The van der Waals surface area contributed by atoms with Gasteiger partial charge in [-0.25, -0.2) is 4.39 Å². The molecule has 0 saturated carbocycles. The fraction of sp³-hybridized carbons (Fsp3) is 0.250. The molecule has 0 unspecified atom stereocenters. The van der Waals surface area contributed by atoms with Gasteiger partial charge in [-0.15, -0.1) is 0 Å². The van der Waals surface area contributed by atoms with Gasteiger partial charge in [0.1, 0.15) is 11.6 Å². The van der Waals surface area contributed by atoms with Gasteiger partial charge in [-0.2, -0.15) is 0 Å². The zero-order chi connectivity index (χ0) is 14.0. The maximum Gasteiger partial charge on any atom is 0.128 e. The smallest absolute Gasteiger partial charge is 0.128 e. The number of nitrogens with one attached hydrogen (secondary N) is 1. The number of halogens is 1. The molecule has 0 amide bonds. The third kappa shape index (κ3) is 2.87. The van der Waals surface area contributed by atoms with Gasteiger partial charge in [0.15, 0.2) is 0 Å². The molecule has 2 nitrogen and oxygen atoms in total. The van der Waals surface area contributed by atoms with Crippen molar-refractivity contribution in [2.45, 2.75) is 27.3 Å². The fourth-order valence-electron chi connectivity index (χ4n) is 2.06. The molecule has 2 N–H and O–H groups in total. The predicted octanol–water partition coefficient (Wildman–Crippen LogP) is 4.07. The zero-order valence-corrected chi connectivity index (χ0v) is 11.4.